The van der Waals surface area contributed by atoms with Crippen molar-refractivity contribution in [2.24, 2.45) is 5.92 Å². The van der Waals surface area contributed by atoms with E-state index in [1.807, 2.05) is 0 Å². The first-order valence-electron chi connectivity index (χ1n) is 8.33. The zero-order valence-corrected chi connectivity index (χ0v) is 14.7. The van der Waals surface area contributed by atoms with Crippen LogP contribution in [0.25, 0.3) is 0 Å². The lowest BCUT2D eigenvalue weighted by molar-refractivity contribution is -0.138. The van der Waals surface area contributed by atoms with Crippen molar-refractivity contribution in [1.29, 1.82) is 0 Å². The molecule has 144 valence electrons. The van der Waals surface area contributed by atoms with Crippen LogP contribution < -0.4 is 0 Å². The Labute approximate surface area is 153 Å². The fourth-order valence-electron chi connectivity index (χ4n) is 3.32. The first kappa shape index (κ1) is 19.0. The van der Waals surface area contributed by atoms with Crippen LogP contribution in [-0.4, -0.2) is 28.9 Å². The summed E-state index contributed by atoms with van der Waals surface area (Å²) in [5.74, 6) is -1.85. The number of hydrogen-bond acceptors (Lipinski definition) is 3. The van der Waals surface area contributed by atoms with E-state index >= 15 is 0 Å². The number of furan rings is 1. The Morgan fingerprint density at radius 2 is 1.96 bits per heavy atom. The van der Waals surface area contributed by atoms with Crippen LogP contribution in [-0.2, 0) is 17.5 Å². The van der Waals surface area contributed by atoms with Crippen molar-refractivity contribution in [3.05, 3.63) is 58.5 Å². The monoisotopic (exact) mass is 381 g/mol. The van der Waals surface area contributed by atoms with Gasteiger partial charge in [0, 0.05) is 13.0 Å². The van der Waals surface area contributed by atoms with Crippen LogP contribution in [0.15, 0.2) is 34.7 Å². The molecule has 2 aromatic rings. The van der Waals surface area contributed by atoms with E-state index in [-0.39, 0.29) is 29.3 Å². The second-order valence-corrected chi connectivity index (χ2v) is 6.72. The molecule has 0 bridgehead atoms. The minimum atomic E-state index is -4.46. The first-order valence-corrected chi connectivity index (χ1v) is 8.33. The predicted octanol–water partition coefficient (Wildman–Crippen LogP) is 4.07. The van der Waals surface area contributed by atoms with Gasteiger partial charge in [-0.05, 0) is 37.0 Å². The molecule has 0 radical (unpaired) electrons. The number of carbonyl (C=O) groups is 2. The summed E-state index contributed by atoms with van der Waals surface area (Å²) in [4.78, 5) is 25.0. The number of rotatable bonds is 5. The van der Waals surface area contributed by atoms with Gasteiger partial charge in [-0.1, -0.05) is 18.2 Å². The molecule has 2 atom stereocenters. The summed E-state index contributed by atoms with van der Waals surface area (Å²) in [6, 6.07) is 6.66. The summed E-state index contributed by atoms with van der Waals surface area (Å²) in [6.45, 7) is 1.57. The zero-order valence-electron chi connectivity index (χ0n) is 14.7. The maximum absolute atomic E-state index is 13.2. The third-order valence-corrected chi connectivity index (χ3v) is 4.74. The van der Waals surface area contributed by atoms with Crippen molar-refractivity contribution in [3.8, 4) is 0 Å². The summed E-state index contributed by atoms with van der Waals surface area (Å²) in [5, 5.41) is 9.04. The van der Waals surface area contributed by atoms with E-state index in [9.17, 15) is 22.8 Å². The summed E-state index contributed by atoms with van der Waals surface area (Å²) in [5.41, 5.74) is -0.547. The van der Waals surface area contributed by atoms with E-state index in [2.05, 4.69) is 0 Å². The van der Waals surface area contributed by atoms with Gasteiger partial charge >= 0.3 is 12.1 Å². The molecule has 1 aromatic carbocycles. The smallest absolute Gasteiger partial charge is 0.416 e. The number of aryl methyl sites for hydroxylation is 1. The maximum atomic E-state index is 13.2. The molecule has 1 saturated carbocycles. The van der Waals surface area contributed by atoms with Gasteiger partial charge in [0.1, 0.15) is 17.1 Å². The Bertz CT molecular complexity index is 887. The topological polar surface area (TPSA) is 70.8 Å². The Morgan fingerprint density at radius 3 is 2.56 bits per heavy atom. The highest BCUT2D eigenvalue weighted by Gasteiger charge is 2.48. The van der Waals surface area contributed by atoms with Crippen LogP contribution in [0.4, 0.5) is 13.2 Å². The van der Waals surface area contributed by atoms with Crippen molar-refractivity contribution in [3.63, 3.8) is 0 Å². The van der Waals surface area contributed by atoms with E-state index in [1.165, 1.54) is 43.1 Å². The van der Waals surface area contributed by atoms with Gasteiger partial charge in [0.05, 0.1) is 12.1 Å². The van der Waals surface area contributed by atoms with Crippen molar-refractivity contribution in [1.82, 2.24) is 4.90 Å². The molecule has 1 aliphatic rings. The first-order chi connectivity index (χ1) is 12.6. The van der Waals surface area contributed by atoms with Gasteiger partial charge in [-0.2, -0.15) is 13.2 Å². The van der Waals surface area contributed by atoms with Crippen LogP contribution in [0.5, 0.6) is 0 Å². The molecule has 8 heteroatoms. The number of benzene rings is 1. The molecule has 5 nitrogen and oxygen atoms in total. The molecule has 27 heavy (non-hydrogen) atoms. The highest BCUT2D eigenvalue weighted by Crippen LogP contribution is 2.51. The van der Waals surface area contributed by atoms with Crippen LogP contribution in [0.1, 0.15) is 45.3 Å². The van der Waals surface area contributed by atoms with Gasteiger partial charge in [-0.15, -0.1) is 0 Å². The van der Waals surface area contributed by atoms with Crippen molar-refractivity contribution >= 4 is 11.9 Å². The van der Waals surface area contributed by atoms with Crippen LogP contribution in [0, 0.1) is 12.8 Å². The van der Waals surface area contributed by atoms with Gasteiger partial charge in [0.2, 0.25) is 5.91 Å². The molecule has 1 amide bonds. The molecule has 3 rings (SSSR count). The van der Waals surface area contributed by atoms with Crippen molar-refractivity contribution < 1.29 is 32.3 Å². The van der Waals surface area contributed by atoms with Crippen LogP contribution in [0.2, 0.25) is 0 Å². The minimum absolute atomic E-state index is 0.0225. The third-order valence-electron chi connectivity index (χ3n) is 4.74. The van der Waals surface area contributed by atoms with Crippen molar-refractivity contribution in [2.45, 2.75) is 32.0 Å². The second kappa shape index (κ2) is 6.75. The van der Waals surface area contributed by atoms with E-state index in [4.69, 9.17) is 9.52 Å². The number of nitrogens with zero attached hydrogens (tertiary/aromatic N) is 1. The quantitative estimate of drug-likeness (QED) is 0.848. The molecule has 0 saturated heterocycles. The fourth-order valence-corrected chi connectivity index (χ4v) is 3.32. The largest absolute Gasteiger partial charge is 0.478 e. The standard InChI is InChI=1S/C19H18F3NO4/c1-10-13(18(25)26)7-11(27-10)9-23(2)17(24)15-8-14(15)12-5-3-4-6-16(12)19(20,21)22/h3-7,14-15H,8-9H2,1-2H3,(H,25,26)/t14-,15+/m0/s1. The molecule has 1 N–H and O–H groups in total. The van der Waals surface area contributed by atoms with Gasteiger partial charge in [-0.25, -0.2) is 4.79 Å². The van der Waals surface area contributed by atoms with E-state index < -0.39 is 29.5 Å². The SMILES string of the molecule is Cc1oc(CN(C)C(=O)[C@@H]2C[C@H]2c2ccccc2C(F)(F)F)cc1C(=O)O. The average molecular weight is 381 g/mol. The minimum Gasteiger partial charge on any atom is -0.478 e. The molecule has 0 unspecified atom stereocenters. The Morgan fingerprint density at radius 1 is 1.30 bits per heavy atom. The molecular formula is C19H18F3NO4. The highest BCUT2D eigenvalue weighted by atomic mass is 19.4. The maximum Gasteiger partial charge on any atom is 0.416 e. The summed E-state index contributed by atoms with van der Waals surface area (Å²) in [7, 11) is 1.52. The number of alkyl halides is 3. The number of aromatic carboxylic acids is 1. The normalized spacial score (nSPS) is 19.0. The Balaban J connectivity index is 1.70. The number of hydrogen-bond donors (Lipinski definition) is 1. The number of halogens is 3. The number of carboxylic acids is 1. The lowest BCUT2D eigenvalue weighted by Crippen LogP contribution is -2.28. The van der Waals surface area contributed by atoms with Gasteiger partial charge in [0.15, 0.2) is 0 Å². The molecule has 1 heterocycles. The molecule has 1 aliphatic carbocycles. The molecule has 1 fully saturated rings. The molecule has 0 spiro atoms. The molecular weight excluding hydrogens is 363 g/mol. The zero-order chi connectivity index (χ0) is 19.9. The number of carboxylic acid groups (broad SMARTS) is 1. The fraction of sp³-hybridized carbons (Fsp3) is 0.368. The van der Waals surface area contributed by atoms with Gasteiger partial charge in [0.25, 0.3) is 0 Å². The molecule has 1 aromatic heterocycles. The van der Waals surface area contributed by atoms with Crippen molar-refractivity contribution in [2.75, 3.05) is 7.05 Å². The van der Waals surface area contributed by atoms with E-state index in [0.717, 1.165) is 6.07 Å². The number of carbonyl (C=O) groups excluding carboxylic acids is 1. The Kier molecular flexibility index (Phi) is 4.75. The lowest BCUT2D eigenvalue weighted by atomic mass is 10.0. The van der Waals surface area contributed by atoms with Crippen LogP contribution >= 0.6 is 0 Å². The van der Waals surface area contributed by atoms with E-state index in [1.54, 1.807) is 0 Å². The van der Waals surface area contributed by atoms with Gasteiger partial charge in [-0.3, -0.25) is 4.79 Å². The summed E-state index contributed by atoms with van der Waals surface area (Å²) in [6.07, 6.45) is -4.11. The number of amides is 1. The summed E-state index contributed by atoms with van der Waals surface area (Å²) < 4.78 is 44.8. The average Bonchev–Trinajstić information content (AvgIpc) is 3.30. The van der Waals surface area contributed by atoms with Crippen LogP contribution in [0.3, 0.4) is 0 Å². The lowest BCUT2D eigenvalue weighted by Gasteiger charge is -2.17. The summed E-state index contributed by atoms with van der Waals surface area (Å²) >= 11 is 0. The second-order valence-electron chi connectivity index (χ2n) is 6.72. The Hall–Kier alpha value is -2.77. The predicted molar refractivity (Wildman–Crippen MR) is 89.2 cm³/mol. The third kappa shape index (κ3) is 3.84. The van der Waals surface area contributed by atoms with Gasteiger partial charge < -0.3 is 14.4 Å². The van der Waals surface area contributed by atoms with E-state index in [0.29, 0.717) is 12.2 Å². The highest BCUT2D eigenvalue weighted by molar-refractivity contribution is 5.89. The molecule has 0 aliphatic heterocycles.